The van der Waals surface area contributed by atoms with E-state index in [2.05, 4.69) is 34.1 Å². The minimum atomic E-state index is -0.277. The van der Waals surface area contributed by atoms with Gasteiger partial charge >= 0.3 is 0 Å². The van der Waals surface area contributed by atoms with Crippen LogP contribution in [0.25, 0.3) is 6.08 Å². The smallest absolute Gasteiger partial charge is 0.246 e. The Morgan fingerprint density at radius 2 is 1.60 bits per heavy atom. The van der Waals surface area contributed by atoms with Gasteiger partial charge in [0, 0.05) is 51.3 Å². The molecule has 1 aliphatic heterocycles. The highest BCUT2D eigenvalue weighted by Crippen LogP contribution is 2.34. The first-order valence-corrected chi connectivity index (χ1v) is 17.5. The highest BCUT2D eigenvalue weighted by Gasteiger charge is 2.20. The summed E-state index contributed by atoms with van der Waals surface area (Å²) in [4.78, 5) is 21.6. The van der Waals surface area contributed by atoms with Crippen LogP contribution < -0.4 is 14.2 Å². The monoisotopic (exact) mass is 723 g/mol. The predicted octanol–water partition coefficient (Wildman–Crippen LogP) is 8.98. The number of ether oxygens (including phenoxy) is 3. The summed E-state index contributed by atoms with van der Waals surface area (Å²) in [5.74, 6) is 1.42. The number of aromatic nitrogens is 1. The van der Waals surface area contributed by atoms with E-state index in [9.17, 15) is 13.6 Å². The first-order chi connectivity index (χ1) is 25.2. The van der Waals surface area contributed by atoms with E-state index in [1.165, 1.54) is 29.3 Å². The van der Waals surface area contributed by atoms with Crippen molar-refractivity contribution in [2.45, 2.75) is 33.4 Å². The number of piperazine rings is 1. The number of nitrogens with zero attached hydrogens (tertiary/aromatic N) is 3. The van der Waals surface area contributed by atoms with E-state index in [1.54, 1.807) is 61.7 Å². The average Bonchev–Trinajstić information content (AvgIpc) is 3.15. The third kappa shape index (κ3) is 9.96. The van der Waals surface area contributed by atoms with Crippen molar-refractivity contribution in [2.75, 3.05) is 32.8 Å². The number of aryl methyl sites for hydroxylation is 1. The number of hydrogen-bond acceptors (Lipinski definition) is 6. The molecule has 0 N–H and O–H groups in total. The van der Waals surface area contributed by atoms with Crippen molar-refractivity contribution in [3.05, 3.63) is 153 Å². The molecule has 0 aliphatic carbocycles. The summed E-state index contributed by atoms with van der Waals surface area (Å²) in [6.45, 7) is 8.05. The van der Waals surface area contributed by atoms with Gasteiger partial charge in [-0.25, -0.2) is 13.8 Å². The van der Waals surface area contributed by atoms with Gasteiger partial charge in [0.15, 0.2) is 5.75 Å². The zero-order chi connectivity index (χ0) is 36.5. The molecule has 6 rings (SSSR count). The van der Waals surface area contributed by atoms with Gasteiger partial charge < -0.3 is 19.1 Å². The van der Waals surface area contributed by atoms with Crippen molar-refractivity contribution in [1.82, 2.24) is 14.8 Å². The number of carbonyl (C=O) groups is 1. The van der Waals surface area contributed by atoms with Crippen molar-refractivity contribution in [3.8, 4) is 23.1 Å². The van der Waals surface area contributed by atoms with Crippen LogP contribution in [-0.2, 0) is 24.4 Å². The summed E-state index contributed by atoms with van der Waals surface area (Å²) in [6.07, 6.45) is 5.67. The molecule has 2 heterocycles. The largest absolute Gasteiger partial charge is 0.493 e. The summed E-state index contributed by atoms with van der Waals surface area (Å²) >= 11 is 6.61. The summed E-state index contributed by atoms with van der Waals surface area (Å²) in [5.41, 5.74) is 5.30. The summed E-state index contributed by atoms with van der Waals surface area (Å²) in [6, 6.07) is 26.5. The molecule has 52 heavy (non-hydrogen) atoms. The zero-order valence-electron chi connectivity index (χ0n) is 29.2. The lowest BCUT2D eigenvalue weighted by atomic mass is 10.1. The highest BCUT2D eigenvalue weighted by atomic mass is 35.5. The Kier molecular flexibility index (Phi) is 12.2. The van der Waals surface area contributed by atoms with E-state index >= 15 is 0 Å². The number of halogens is 3. The number of pyridine rings is 1. The molecular formula is C42H40ClF2N3O4. The Morgan fingerprint density at radius 1 is 0.865 bits per heavy atom. The van der Waals surface area contributed by atoms with Crippen LogP contribution >= 0.6 is 11.6 Å². The molecule has 7 nitrogen and oxygen atoms in total. The molecule has 1 fully saturated rings. The van der Waals surface area contributed by atoms with Gasteiger partial charge in [-0.2, -0.15) is 0 Å². The summed E-state index contributed by atoms with van der Waals surface area (Å²) in [5, 5.41) is 0.399. The Hall–Kier alpha value is -5.25. The summed E-state index contributed by atoms with van der Waals surface area (Å²) in [7, 11) is 0. The number of hydrogen-bond donors (Lipinski definition) is 0. The van der Waals surface area contributed by atoms with Crippen LogP contribution in [0.15, 0.2) is 103 Å². The standard InChI is InChI=1S/C42H40ClF2N3O4/c1-29-24-33(25-38(43)42(29)52-40-16-15-37(26-46-40)51-28-34-4-3-5-39(45)30(34)2)10-17-41(49)48-21-19-47(20-22-48)27-32-8-6-31(7-9-32)18-23-50-36-13-11-35(44)12-14-36/h3-17,24-26H,18-23,27-28H2,1-2H3/b17-10+. The third-order valence-corrected chi connectivity index (χ3v) is 9.23. The molecule has 4 aromatic carbocycles. The normalized spacial score (nSPS) is 13.4. The quantitative estimate of drug-likeness (QED) is 0.113. The lowest BCUT2D eigenvalue weighted by Crippen LogP contribution is -2.47. The molecule has 0 bridgehead atoms. The topological polar surface area (TPSA) is 64.1 Å². The molecule has 1 aliphatic rings. The lowest BCUT2D eigenvalue weighted by Gasteiger charge is -2.34. The molecule has 10 heteroatoms. The van der Waals surface area contributed by atoms with E-state index in [-0.39, 0.29) is 24.1 Å². The maximum absolute atomic E-state index is 13.8. The molecule has 0 atom stereocenters. The zero-order valence-corrected chi connectivity index (χ0v) is 29.9. The van der Waals surface area contributed by atoms with Gasteiger partial charge in [-0.1, -0.05) is 48.0 Å². The minimum Gasteiger partial charge on any atom is -0.493 e. The van der Waals surface area contributed by atoms with Crippen LogP contribution in [0, 0.1) is 25.5 Å². The molecule has 1 saturated heterocycles. The van der Waals surface area contributed by atoms with Crippen LogP contribution in [0.4, 0.5) is 8.78 Å². The van der Waals surface area contributed by atoms with Gasteiger partial charge in [-0.3, -0.25) is 9.69 Å². The molecule has 1 amide bonds. The van der Waals surface area contributed by atoms with E-state index in [1.807, 2.05) is 24.0 Å². The number of benzene rings is 4. The maximum atomic E-state index is 13.8. The first kappa shape index (κ1) is 36.5. The van der Waals surface area contributed by atoms with Crippen molar-refractivity contribution < 1.29 is 27.8 Å². The van der Waals surface area contributed by atoms with Crippen LogP contribution in [0.5, 0.6) is 23.1 Å². The number of carbonyl (C=O) groups excluding carboxylic acids is 1. The minimum absolute atomic E-state index is 0.0416. The molecule has 0 spiro atoms. The van der Waals surface area contributed by atoms with Gasteiger partial charge in [0.1, 0.15) is 29.7 Å². The number of rotatable bonds is 13. The molecule has 0 saturated carbocycles. The van der Waals surface area contributed by atoms with Crippen LogP contribution in [0.1, 0.15) is 33.4 Å². The number of amides is 1. The van der Waals surface area contributed by atoms with Crippen molar-refractivity contribution in [1.29, 1.82) is 0 Å². The van der Waals surface area contributed by atoms with Crippen molar-refractivity contribution >= 4 is 23.6 Å². The van der Waals surface area contributed by atoms with Gasteiger partial charge in [0.25, 0.3) is 0 Å². The van der Waals surface area contributed by atoms with Gasteiger partial charge in [0.05, 0.1) is 17.8 Å². The maximum Gasteiger partial charge on any atom is 0.246 e. The van der Waals surface area contributed by atoms with E-state index in [4.69, 9.17) is 25.8 Å². The van der Waals surface area contributed by atoms with E-state index in [0.29, 0.717) is 53.4 Å². The Bertz CT molecular complexity index is 1970. The fourth-order valence-electron chi connectivity index (χ4n) is 5.86. The molecular weight excluding hydrogens is 684 g/mol. The van der Waals surface area contributed by atoms with Gasteiger partial charge in [-0.05, 0) is 102 Å². The molecule has 268 valence electrons. The first-order valence-electron chi connectivity index (χ1n) is 17.2. The second kappa shape index (κ2) is 17.3. The molecule has 0 radical (unpaired) electrons. The van der Waals surface area contributed by atoms with Crippen LogP contribution in [0.3, 0.4) is 0 Å². The third-order valence-electron chi connectivity index (χ3n) is 8.95. The molecule has 1 aromatic heterocycles. The Morgan fingerprint density at radius 3 is 2.31 bits per heavy atom. The van der Waals surface area contributed by atoms with Crippen LogP contribution in [-0.4, -0.2) is 53.5 Å². The van der Waals surface area contributed by atoms with E-state index < -0.39 is 0 Å². The Balaban J connectivity index is 0.937. The fraction of sp³-hybridized carbons (Fsp3) is 0.238. The van der Waals surface area contributed by atoms with Gasteiger partial charge in [-0.15, -0.1) is 0 Å². The second-order valence-electron chi connectivity index (χ2n) is 12.7. The SMILES string of the molecule is Cc1cc(/C=C/C(=O)N2CCN(Cc3ccc(CCOc4ccc(F)cc4)cc3)CC2)cc(Cl)c1Oc1ccc(OCc2cccc(F)c2C)cn1. The average molecular weight is 724 g/mol. The fourth-order valence-corrected chi connectivity index (χ4v) is 6.17. The second-order valence-corrected chi connectivity index (χ2v) is 13.1. The van der Waals surface area contributed by atoms with Crippen molar-refractivity contribution in [3.63, 3.8) is 0 Å². The molecule has 0 unspecified atom stereocenters. The van der Waals surface area contributed by atoms with Crippen molar-refractivity contribution in [2.24, 2.45) is 0 Å². The van der Waals surface area contributed by atoms with Gasteiger partial charge in [0.2, 0.25) is 11.8 Å². The Labute approximate surface area is 308 Å². The highest BCUT2D eigenvalue weighted by molar-refractivity contribution is 6.32. The van der Waals surface area contributed by atoms with Crippen LogP contribution in [0.2, 0.25) is 5.02 Å². The lowest BCUT2D eigenvalue weighted by molar-refractivity contribution is -0.127. The summed E-state index contributed by atoms with van der Waals surface area (Å²) < 4.78 is 44.4. The molecule has 5 aromatic rings. The van der Waals surface area contributed by atoms with E-state index in [0.717, 1.165) is 42.7 Å². The predicted molar refractivity (Wildman–Crippen MR) is 199 cm³/mol.